The smallest absolute Gasteiger partial charge is 0.182 e. The molecular formula is C8H12O. The van der Waals surface area contributed by atoms with Gasteiger partial charge in [-0.1, -0.05) is 19.8 Å². The van der Waals surface area contributed by atoms with E-state index in [-0.39, 0.29) is 5.43 Å². The van der Waals surface area contributed by atoms with Crippen LogP contribution < -0.4 is 5.43 Å². The summed E-state index contributed by atoms with van der Waals surface area (Å²) in [4.78, 5) is 10.4. The van der Waals surface area contributed by atoms with Gasteiger partial charge in [0.05, 0.1) is 0 Å². The van der Waals surface area contributed by atoms with Gasteiger partial charge in [-0.05, 0) is 18.9 Å². The van der Waals surface area contributed by atoms with Gasteiger partial charge in [0.15, 0.2) is 5.43 Å². The fourth-order valence-corrected chi connectivity index (χ4v) is 0.883. The van der Waals surface area contributed by atoms with Crippen molar-refractivity contribution in [3.8, 4) is 0 Å². The fourth-order valence-electron chi connectivity index (χ4n) is 0.883. The van der Waals surface area contributed by atoms with Crippen molar-refractivity contribution < 1.29 is 0 Å². The highest BCUT2D eigenvalue weighted by Gasteiger charge is 2.05. The summed E-state index contributed by atoms with van der Waals surface area (Å²) in [6.45, 7) is 2.17. The molecule has 1 aromatic carbocycles. The summed E-state index contributed by atoms with van der Waals surface area (Å²) in [6.07, 6.45) is 4.70. The van der Waals surface area contributed by atoms with Crippen molar-refractivity contribution in [2.24, 2.45) is 0 Å². The third-order valence-electron chi connectivity index (χ3n) is 1.59. The molecule has 50 valence electrons. The molecule has 0 saturated heterocycles. The Kier molecular flexibility index (Phi) is 2.04. The lowest BCUT2D eigenvalue weighted by molar-refractivity contribution is 0.722. The zero-order chi connectivity index (χ0) is 6.69. The van der Waals surface area contributed by atoms with Crippen LogP contribution in [-0.2, 0) is 6.42 Å². The molecular weight excluding hydrogens is 112 g/mol. The van der Waals surface area contributed by atoms with E-state index >= 15 is 0 Å². The van der Waals surface area contributed by atoms with Gasteiger partial charge in [-0.15, -0.1) is 0 Å². The molecule has 0 radical (unpaired) electrons. The zero-order valence-corrected chi connectivity index (χ0v) is 5.81. The van der Waals surface area contributed by atoms with Gasteiger partial charge in [0.25, 0.3) is 0 Å². The number of aryl methyl sites for hydroxylation is 1. The van der Waals surface area contributed by atoms with Crippen molar-refractivity contribution in [2.45, 2.75) is 32.6 Å². The number of rotatable bonds is 4. The predicted molar refractivity (Wildman–Crippen MR) is 38.3 cm³/mol. The van der Waals surface area contributed by atoms with E-state index in [0.717, 1.165) is 12.0 Å². The Balaban J connectivity index is 2.02. The second-order valence-electron chi connectivity index (χ2n) is 2.49. The molecule has 0 saturated carbocycles. The van der Waals surface area contributed by atoms with Crippen molar-refractivity contribution in [3.05, 3.63) is 21.9 Å². The molecule has 0 bridgehead atoms. The SMILES string of the molecule is CCCCCc1cc1=O. The minimum Gasteiger partial charge on any atom is -0.290 e. The van der Waals surface area contributed by atoms with Crippen LogP contribution in [0.4, 0.5) is 0 Å². The van der Waals surface area contributed by atoms with Crippen LogP contribution in [0.25, 0.3) is 0 Å². The molecule has 0 amide bonds. The Morgan fingerprint density at radius 1 is 1.44 bits per heavy atom. The maximum absolute atomic E-state index is 10.4. The summed E-state index contributed by atoms with van der Waals surface area (Å²) in [5.41, 5.74) is 1.34. The van der Waals surface area contributed by atoms with E-state index < -0.39 is 0 Å². The lowest BCUT2D eigenvalue weighted by atomic mass is 10.2. The molecule has 0 N–H and O–H groups in total. The normalized spacial score (nSPS) is 10.8. The monoisotopic (exact) mass is 124 g/mol. The van der Waals surface area contributed by atoms with Crippen LogP contribution in [0.1, 0.15) is 31.7 Å². The van der Waals surface area contributed by atoms with Crippen molar-refractivity contribution in [2.75, 3.05) is 0 Å². The number of unbranched alkanes of at least 4 members (excludes halogenated alkanes) is 2. The second-order valence-corrected chi connectivity index (χ2v) is 2.49. The van der Waals surface area contributed by atoms with Crippen LogP contribution in [-0.4, -0.2) is 0 Å². The Hall–Kier alpha value is -0.590. The lowest BCUT2D eigenvalue weighted by Crippen LogP contribution is -1.82. The van der Waals surface area contributed by atoms with E-state index in [9.17, 15) is 4.79 Å². The van der Waals surface area contributed by atoms with E-state index in [1.54, 1.807) is 6.07 Å². The molecule has 0 fully saturated rings. The molecule has 1 heteroatoms. The van der Waals surface area contributed by atoms with Gasteiger partial charge < -0.3 is 0 Å². The van der Waals surface area contributed by atoms with Gasteiger partial charge in [-0.2, -0.15) is 0 Å². The van der Waals surface area contributed by atoms with Crippen LogP contribution in [0.5, 0.6) is 0 Å². The first kappa shape index (κ1) is 6.53. The van der Waals surface area contributed by atoms with E-state index in [4.69, 9.17) is 0 Å². The molecule has 9 heavy (non-hydrogen) atoms. The zero-order valence-electron chi connectivity index (χ0n) is 5.81. The Bertz CT molecular complexity index is 182. The van der Waals surface area contributed by atoms with E-state index in [1.807, 2.05) is 0 Å². The maximum Gasteiger partial charge on any atom is 0.182 e. The van der Waals surface area contributed by atoms with Crippen LogP contribution in [0.2, 0.25) is 0 Å². The molecule has 0 aliphatic rings. The predicted octanol–water partition coefficient (Wildman–Crippen LogP) is 1.66. The third-order valence-corrected chi connectivity index (χ3v) is 1.59. The highest BCUT2D eigenvalue weighted by atomic mass is 16.1. The van der Waals surface area contributed by atoms with Crippen LogP contribution in [0, 0.1) is 0 Å². The first-order chi connectivity index (χ1) is 4.34. The van der Waals surface area contributed by atoms with E-state index in [1.165, 1.54) is 19.3 Å². The largest absolute Gasteiger partial charge is 0.290 e. The topological polar surface area (TPSA) is 17.1 Å². The molecule has 0 aromatic heterocycles. The quantitative estimate of drug-likeness (QED) is 0.558. The minimum atomic E-state index is 0.283. The van der Waals surface area contributed by atoms with Gasteiger partial charge in [-0.25, -0.2) is 0 Å². The van der Waals surface area contributed by atoms with Crippen molar-refractivity contribution in [3.63, 3.8) is 0 Å². The minimum absolute atomic E-state index is 0.283. The Labute approximate surface area is 55.4 Å². The molecule has 0 atom stereocenters. The highest BCUT2D eigenvalue weighted by Crippen LogP contribution is 2.03. The van der Waals surface area contributed by atoms with E-state index in [2.05, 4.69) is 6.92 Å². The van der Waals surface area contributed by atoms with Crippen LogP contribution in [0.3, 0.4) is 0 Å². The average Bonchev–Trinajstić information content (AvgIpc) is 2.48. The van der Waals surface area contributed by atoms with Gasteiger partial charge in [-0.3, -0.25) is 4.79 Å². The van der Waals surface area contributed by atoms with Crippen molar-refractivity contribution in [1.29, 1.82) is 0 Å². The first-order valence-electron chi connectivity index (χ1n) is 3.59. The van der Waals surface area contributed by atoms with Gasteiger partial charge >= 0.3 is 0 Å². The second kappa shape index (κ2) is 2.81. The summed E-state index contributed by atoms with van der Waals surface area (Å²) < 4.78 is 0. The van der Waals surface area contributed by atoms with Gasteiger partial charge in [0, 0.05) is 5.56 Å². The van der Waals surface area contributed by atoms with Gasteiger partial charge in [0.2, 0.25) is 0 Å². The Morgan fingerprint density at radius 3 is 2.56 bits per heavy atom. The molecule has 0 aliphatic heterocycles. The summed E-state index contributed by atoms with van der Waals surface area (Å²) in [5.74, 6) is 0. The third kappa shape index (κ3) is 2.00. The number of hydrogen-bond acceptors (Lipinski definition) is 1. The maximum atomic E-state index is 10.4. The van der Waals surface area contributed by atoms with Crippen molar-refractivity contribution in [1.82, 2.24) is 0 Å². The van der Waals surface area contributed by atoms with Gasteiger partial charge in [0.1, 0.15) is 0 Å². The Morgan fingerprint density at radius 2 is 2.11 bits per heavy atom. The first-order valence-corrected chi connectivity index (χ1v) is 3.59. The molecule has 0 spiro atoms. The molecule has 1 aromatic rings. The fraction of sp³-hybridized carbons (Fsp3) is 0.625. The molecule has 0 unspecified atom stereocenters. The molecule has 1 rings (SSSR count). The summed E-state index contributed by atoms with van der Waals surface area (Å²) >= 11 is 0. The molecule has 0 heterocycles. The summed E-state index contributed by atoms with van der Waals surface area (Å²) in [5, 5.41) is 0. The van der Waals surface area contributed by atoms with Crippen LogP contribution >= 0.6 is 0 Å². The number of hydrogen-bond donors (Lipinski definition) is 0. The standard InChI is InChI=1S/C8H12O/c1-2-3-4-5-7-6-8(7)9/h6H,2-5H2,1H3. The average molecular weight is 124 g/mol. The van der Waals surface area contributed by atoms with Crippen LogP contribution in [0.15, 0.2) is 10.9 Å². The highest BCUT2D eigenvalue weighted by molar-refractivity contribution is 5.22. The molecule has 0 aliphatic carbocycles. The lowest BCUT2D eigenvalue weighted by Gasteiger charge is -1.88. The van der Waals surface area contributed by atoms with Crippen molar-refractivity contribution >= 4 is 0 Å². The molecule has 1 nitrogen and oxygen atoms in total. The van der Waals surface area contributed by atoms with E-state index in [0.29, 0.717) is 0 Å². The summed E-state index contributed by atoms with van der Waals surface area (Å²) in [7, 11) is 0. The summed E-state index contributed by atoms with van der Waals surface area (Å²) in [6, 6.07) is 1.73.